The number of para-hydroxylation sites is 1. The first-order valence-electron chi connectivity index (χ1n) is 7.55. The first kappa shape index (κ1) is 19.1. The molecule has 0 saturated heterocycles. The summed E-state index contributed by atoms with van der Waals surface area (Å²) in [6.45, 7) is 0. The molecule has 1 amide bonds. The minimum atomic E-state index is -0.153. The Morgan fingerprint density at radius 1 is 1.20 bits per heavy atom. The van der Waals surface area contributed by atoms with E-state index in [-0.39, 0.29) is 5.91 Å². The number of nitrogens with zero attached hydrogens (tertiary/aromatic N) is 1. The van der Waals surface area contributed by atoms with E-state index in [1.807, 2.05) is 36.4 Å². The van der Waals surface area contributed by atoms with Crippen LogP contribution in [0, 0.1) is 0 Å². The Morgan fingerprint density at radius 3 is 2.64 bits per heavy atom. The average molecular weight is 379 g/mol. The predicted molar refractivity (Wildman–Crippen MR) is 102 cm³/mol. The van der Waals surface area contributed by atoms with Gasteiger partial charge < -0.3 is 9.47 Å². The van der Waals surface area contributed by atoms with Crippen molar-refractivity contribution in [2.24, 2.45) is 5.10 Å². The third-order valence-electron chi connectivity index (χ3n) is 3.24. The van der Waals surface area contributed by atoms with E-state index in [9.17, 15) is 4.79 Å². The van der Waals surface area contributed by atoms with Gasteiger partial charge in [0.1, 0.15) is 0 Å². The Balaban J connectivity index is 1.81. The number of hydrogen-bond acceptors (Lipinski definition) is 5. The number of hydrazone groups is 1. The van der Waals surface area contributed by atoms with Crippen molar-refractivity contribution < 1.29 is 14.3 Å². The van der Waals surface area contributed by atoms with Crippen LogP contribution in [0.3, 0.4) is 0 Å². The van der Waals surface area contributed by atoms with E-state index in [0.717, 1.165) is 10.5 Å². The minimum Gasteiger partial charge on any atom is -0.493 e. The third-order valence-corrected chi connectivity index (χ3v) is 4.50. The van der Waals surface area contributed by atoms with Crippen molar-refractivity contribution in [3.63, 3.8) is 0 Å². The Morgan fingerprint density at radius 2 is 1.96 bits per heavy atom. The van der Waals surface area contributed by atoms with E-state index >= 15 is 0 Å². The Kier molecular flexibility index (Phi) is 7.63. The fourth-order valence-corrected chi connectivity index (χ4v) is 3.01. The summed E-state index contributed by atoms with van der Waals surface area (Å²) < 4.78 is 10.5. The second-order valence-electron chi connectivity index (χ2n) is 4.93. The highest BCUT2D eigenvalue weighted by Gasteiger charge is 2.07. The molecule has 0 bridgehead atoms. The number of nitrogens with one attached hydrogen (secondary N) is 1. The van der Waals surface area contributed by atoms with Gasteiger partial charge in [0.05, 0.1) is 20.4 Å². The second-order valence-corrected chi connectivity index (χ2v) is 6.53. The number of carbonyl (C=O) groups excluding carboxylic acids is 1. The maximum atomic E-state index is 11.8. The molecule has 0 saturated carbocycles. The number of methoxy groups -OCH3 is 2. The molecular weight excluding hydrogens is 360 g/mol. The highest BCUT2D eigenvalue weighted by atomic mass is 35.5. The lowest BCUT2D eigenvalue weighted by atomic mass is 10.2. The molecule has 0 radical (unpaired) electrons. The van der Waals surface area contributed by atoms with Crippen molar-refractivity contribution in [2.75, 3.05) is 20.0 Å². The van der Waals surface area contributed by atoms with E-state index in [4.69, 9.17) is 21.1 Å². The van der Waals surface area contributed by atoms with Crippen LogP contribution in [0.5, 0.6) is 11.5 Å². The number of thioether (sulfide) groups is 1. The van der Waals surface area contributed by atoms with E-state index in [2.05, 4.69) is 10.5 Å². The van der Waals surface area contributed by atoms with Gasteiger partial charge in [-0.25, -0.2) is 5.43 Å². The van der Waals surface area contributed by atoms with Crippen LogP contribution in [-0.4, -0.2) is 32.1 Å². The van der Waals surface area contributed by atoms with Crippen molar-refractivity contribution in [3.05, 3.63) is 53.1 Å². The Hall–Kier alpha value is -2.18. The van der Waals surface area contributed by atoms with Crippen LogP contribution < -0.4 is 14.9 Å². The Bertz CT molecular complexity index is 736. The number of carbonyl (C=O) groups is 1. The van der Waals surface area contributed by atoms with Gasteiger partial charge in [-0.1, -0.05) is 17.7 Å². The van der Waals surface area contributed by atoms with Crippen molar-refractivity contribution in [2.45, 2.75) is 11.3 Å². The quantitative estimate of drug-likeness (QED) is 0.428. The van der Waals surface area contributed by atoms with Gasteiger partial charge in [-0.05, 0) is 36.4 Å². The zero-order chi connectivity index (χ0) is 18.1. The number of amides is 1. The molecule has 2 aromatic carbocycles. The monoisotopic (exact) mass is 378 g/mol. The van der Waals surface area contributed by atoms with E-state index < -0.39 is 0 Å². The van der Waals surface area contributed by atoms with E-state index in [1.165, 1.54) is 6.21 Å². The minimum absolute atomic E-state index is 0.153. The molecule has 0 aliphatic rings. The van der Waals surface area contributed by atoms with Crippen LogP contribution in [0.2, 0.25) is 5.02 Å². The van der Waals surface area contributed by atoms with Gasteiger partial charge in [0.25, 0.3) is 0 Å². The van der Waals surface area contributed by atoms with Gasteiger partial charge in [-0.2, -0.15) is 5.10 Å². The largest absolute Gasteiger partial charge is 0.493 e. The molecule has 1 N–H and O–H groups in total. The Labute approximate surface area is 156 Å². The molecule has 0 unspecified atom stereocenters. The summed E-state index contributed by atoms with van der Waals surface area (Å²) in [5.74, 6) is 1.68. The number of hydrogen-bond donors (Lipinski definition) is 1. The number of rotatable bonds is 8. The maximum absolute atomic E-state index is 11.8. The molecule has 0 aromatic heterocycles. The van der Waals surface area contributed by atoms with Crippen molar-refractivity contribution >= 4 is 35.5 Å². The lowest BCUT2D eigenvalue weighted by Crippen LogP contribution is -2.17. The summed E-state index contributed by atoms with van der Waals surface area (Å²) in [6, 6.07) is 13.0. The van der Waals surface area contributed by atoms with Crippen LogP contribution in [0.1, 0.15) is 12.0 Å². The molecular formula is C18H19ClN2O3S. The number of ether oxygens (including phenoxy) is 2. The molecule has 0 atom stereocenters. The molecule has 0 aliphatic carbocycles. The maximum Gasteiger partial charge on any atom is 0.240 e. The van der Waals surface area contributed by atoms with Gasteiger partial charge in [0.2, 0.25) is 5.91 Å². The average Bonchev–Trinajstić information content (AvgIpc) is 2.63. The van der Waals surface area contributed by atoms with Crippen molar-refractivity contribution in [1.29, 1.82) is 0 Å². The molecule has 0 heterocycles. The summed E-state index contributed by atoms with van der Waals surface area (Å²) in [7, 11) is 3.13. The standard InChI is InChI=1S/C18H19ClN2O3S/c1-23-16-5-3-4-13(18(16)24-2)12-20-21-17(22)10-11-25-15-8-6-14(19)7-9-15/h3-9,12H,10-11H2,1-2H3,(H,21,22)/b20-12-. The van der Waals surface area contributed by atoms with Crippen LogP contribution >= 0.6 is 23.4 Å². The van der Waals surface area contributed by atoms with Crippen molar-refractivity contribution in [3.8, 4) is 11.5 Å². The molecule has 7 heteroatoms. The zero-order valence-electron chi connectivity index (χ0n) is 14.0. The first-order valence-corrected chi connectivity index (χ1v) is 8.91. The predicted octanol–water partition coefficient (Wildman–Crippen LogP) is 3.99. The summed E-state index contributed by atoms with van der Waals surface area (Å²) >= 11 is 7.43. The summed E-state index contributed by atoms with van der Waals surface area (Å²) in [5.41, 5.74) is 3.24. The molecule has 25 heavy (non-hydrogen) atoms. The van der Waals surface area contributed by atoms with Crippen LogP contribution in [-0.2, 0) is 4.79 Å². The fourth-order valence-electron chi connectivity index (χ4n) is 2.04. The number of benzene rings is 2. The van der Waals surface area contributed by atoms with Crippen LogP contribution in [0.15, 0.2) is 52.5 Å². The van der Waals surface area contributed by atoms with Gasteiger partial charge in [0.15, 0.2) is 11.5 Å². The molecule has 2 rings (SSSR count). The number of halogens is 1. The molecule has 0 spiro atoms. The van der Waals surface area contributed by atoms with Gasteiger partial charge in [-0.3, -0.25) is 4.79 Å². The van der Waals surface area contributed by atoms with Gasteiger partial charge in [0, 0.05) is 27.7 Å². The van der Waals surface area contributed by atoms with Crippen molar-refractivity contribution in [1.82, 2.24) is 5.43 Å². The lowest BCUT2D eigenvalue weighted by Gasteiger charge is -2.09. The fraction of sp³-hybridized carbons (Fsp3) is 0.222. The normalized spacial score (nSPS) is 10.7. The molecule has 5 nitrogen and oxygen atoms in total. The summed E-state index contributed by atoms with van der Waals surface area (Å²) in [6.07, 6.45) is 1.89. The molecule has 132 valence electrons. The third kappa shape index (κ3) is 5.99. The highest BCUT2D eigenvalue weighted by molar-refractivity contribution is 7.99. The first-order chi connectivity index (χ1) is 12.1. The zero-order valence-corrected chi connectivity index (χ0v) is 15.6. The molecule has 2 aromatic rings. The van der Waals surface area contributed by atoms with E-state index in [0.29, 0.717) is 28.7 Å². The molecule has 0 fully saturated rings. The molecule has 0 aliphatic heterocycles. The van der Waals surface area contributed by atoms with E-state index in [1.54, 1.807) is 32.0 Å². The van der Waals surface area contributed by atoms with Gasteiger partial charge >= 0.3 is 0 Å². The topological polar surface area (TPSA) is 59.9 Å². The smallest absolute Gasteiger partial charge is 0.240 e. The van der Waals surface area contributed by atoms with Crippen LogP contribution in [0.4, 0.5) is 0 Å². The highest BCUT2D eigenvalue weighted by Crippen LogP contribution is 2.29. The lowest BCUT2D eigenvalue weighted by molar-refractivity contribution is -0.120. The SMILES string of the molecule is COc1cccc(/C=N\NC(=O)CCSc2ccc(Cl)cc2)c1OC. The van der Waals surface area contributed by atoms with Gasteiger partial charge in [-0.15, -0.1) is 11.8 Å². The van der Waals surface area contributed by atoms with Crippen LogP contribution in [0.25, 0.3) is 0 Å². The summed E-state index contributed by atoms with van der Waals surface area (Å²) in [5, 5.41) is 4.67. The summed E-state index contributed by atoms with van der Waals surface area (Å²) in [4.78, 5) is 12.9. The second kappa shape index (κ2) is 9.96.